The maximum atomic E-state index is 11.5. The van der Waals surface area contributed by atoms with Crippen LogP contribution >= 0.6 is 0 Å². The zero-order valence-corrected chi connectivity index (χ0v) is 10.5. The molecule has 1 heterocycles. The van der Waals surface area contributed by atoms with Crippen LogP contribution in [0.1, 0.15) is 12.5 Å². The molecule has 1 aromatic carbocycles. The summed E-state index contributed by atoms with van der Waals surface area (Å²) in [6.07, 6.45) is 1.47. The summed E-state index contributed by atoms with van der Waals surface area (Å²) in [5, 5.41) is 8.95. The number of carbonyl (C=O) groups excluding carboxylic acids is 1. The van der Waals surface area contributed by atoms with E-state index < -0.39 is 5.97 Å². The summed E-state index contributed by atoms with van der Waals surface area (Å²) in [5.41, 5.74) is 0.646. The van der Waals surface area contributed by atoms with Crippen LogP contribution in [0, 0.1) is 11.3 Å². The molecule has 5 heteroatoms. The van der Waals surface area contributed by atoms with Crippen LogP contribution in [0.4, 0.5) is 0 Å². The van der Waals surface area contributed by atoms with Crippen molar-refractivity contribution in [3.05, 3.63) is 29.3 Å². The molecule has 98 valence electrons. The number of carbonyl (C=O) groups is 1. The first-order valence-electron chi connectivity index (χ1n) is 5.93. The van der Waals surface area contributed by atoms with Gasteiger partial charge >= 0.3 is 5.97 Å². The summed E-state index contributed by atoms with van der Waals surface area (Å²) >= 11 is 0. The molecule has 0 N–H and O–H groups in total. The average molecular weight is 259 g/mol. The van der Waals surface area contributed by atoms with E-state index in [1.807, 2.05) is 6.07 Å². The Balaban J connectivity index is 2.26. The first-order chi connectivity index (χ1) is 9.24. The van der Waals surface area contributed by atoms with E-state index >= 15 is 0 Å². The molecule has 0 aromatic heterocycles. The van der Waals surface area contributed by atoms with Gasteiger partial charge in [0.25, 0.3) is 0 Å². The van der Waals surface area contributed by atoms with Crippen LogP contribution in [0.2, 0.25) is 0 Å². The highest BCUT2D eigenvalue weighted by molar-refractivity contribution is 5.97. The fourth-order valence-corrected chi connectivity index (χ4v) is 1.66. The lowest BCUT2D eigenvalue weighted by atomic mass is 10.1. The van der Waals surface area contributed by atoms with Crippen LogP contribution in [0.25, 0.3) is 6.08 Å². The third-order valence-corrected chi connectivity index (χ3v) is 2.49. The largest absolute Gasteiger partial charge is 0.486 e. The highest BCUT2D eigenvalue weighted by Gasteiger charge is 2.13. The van der Waals surface area contributed by atoms with Gasteiger partial charge in [0.15, 0.2) is 11.5 Å². The van der Waals surface area contributed by atoms with Crippen molar-refractivity contribution < 1.29 is 19.0 Å². The van der Waals surface area contributed by atoms with E-state index in [1.54, 1.807) is 25.1 Å². The van der Waals surface area contributed by atoms with Crippen molar-refractivity contribution >= 4 is 12.0 Å². The molecule has 0 saturated heterocycles. The number of hydrogen-bond donors (Lipinski definition) is 0. The monoisotopic (exact) mass is 259 g/mol. The molecule has 2 rings (SSSR count). The van der Waals surface area contributed by atoms with E-state index in [-0.39, 0.29) is 12.2 Å². The number of fused-ring (bicyclic) bond motifs is 1. The molecule has 0 amide bonds. The second kappa shape index (κ2) is 5.91. The Labute approximate surface area is 111 Å². The number of esters is 1. The Morgan fingerprint density at radius 2 is 2.16 bits per heavy atom. The van der Waals surface area contributed by atoms with E-state index in [2.05, 4.69) is 0 Å². The van der Waals surface area contributed by atoms with Gasteiger partial charge in [0.2, 0.25) is 0 Å². The Bertz CT molecular complexity index is 557. The third-order valence-electron chi connectivity index (χ3n) is 2.49. The van der Waals surface area contributed by atoms with Crippen molar-refractivity contribution in [2.45, 2.75) is 6.92 Å². The molecule has 1 aromatic rings. The minimum atomic E-state index is -0.625. The summed E-state index contributed by atoms with van der Waals surface area (Å²) in [6, 6.07) is 7.06. The van der Waals surface area contributed by atoms with Crippen molar-refractivity contribution in [3.63, 3.8) is 0 Å². The standard InChI is InChI=1S/C14H13NO4/c1-2-17-14(16)11(9-15)7-10-3-4-12-13(8-10)19-6-5-18-12/h3-4,7-8H,2,5-6H2,1H3. The van der Waals surface area contributed by atoms with Gasteiger partial charge in [0, 0.05) is 0 Å². The van der Waals surface area contributed by atoms with Crippen LogP contribution in [-0.4, -0.2) is 25.8 Å². The Morgan fingerprint density at radius 1 is 1.42 bits per heavy atom. The molecular weight excluding hydrogens is 246 g/mol. The Hall–Kier alpha value is -2.48. The second-order valence-corrected chi connectivity index (χ2v) is 3.79. The van der Waals surface area contributed by atoms with Gasteiger partial charge in [-0.15, -0.1) is 0 Å². The molecule has 1 aliphatic rings. The molecule has 0 fully saturated rings. The van der Waals surface area contributed by atoms with E-state index in [1.165, 1.54) is 6.08 Å². The highest BCUT2D eigenvalue weighted by atomic mass is 16.6. The molecular formula is C14H13NO4. The van der Waals surface area contributed by atoms with Gasteiger partial charge in [-0.1, -0.05) is 6.07 Å². The maximum absolute atomic E-state index is 11.5. The quantitative estimate of drug-likeness (QED) is 0.471. The normalized spacial score (nSPS) is 13.6. The molecule has 0 atom stereocenters. The molecule has 1 aliphatic heterocycles. The average Bonchev–Trinajstić information content (AvgIpc) is 2.44. The van der Waals surface area contributed by atoms with Gasteiger partial charge in [-0.3, -0.25) is 0 Å². The van der Waals surface area contributed by atoms with Crippen LogP contribution in [-0.2, 0) is 9.53 Å². The number of nitriles is 1. The van der Waals surface area contributed by atoms with Crippen LogP contribution in [0.3, 0.4) is 0 Å². The summed E-state index contributed by atoms with van der Waals surface area (Å²) in [4.78, 5) is 11.5. The van der Waals surface area contributed by atoms with E-state index in [4.69, 9.17) is 19.5 Å². The number of hydrogen-bond acceptors (Lipinski definition) is 5. The Morgan fingerprint density at radius 3 is 2.84 bits per heavy atom. The van der Waals surface area contributed by atoms with Gasteiger partial charge in [-0.05, 0) is 30.7 Å². The van der Waals surface area contributed by atoms with E-state index in [9.17, 15) is 4.79 Å². The second-order valence-electron chi connectivity index (χ2n) is 3.79. The lowest BCUT2D eigenvalue weighted by molar-refractivity contribution is -0.137. The molecule has 0 aliphatic carbocycles. The SMILES string of the molecule is CCOC(=O)C(C#N)=Cc1ccc2c(c1)OCCO2. The summed E-state index contributed by atoms with van der Waals surface area (Å²) < 4.78 is 15.6. The fraction of sp³-hybridized carbons (Fsp3) is 0.286. The van der Waals surface area contributed by atoms with Crippen LogP contribution in [0.5, 0.6) is 11.5 Å². The highest BCUT2D eigenvalue weighted by Crippen LogP contribution is 2.31. The van der Waals surface area contributed by atoms with Crippen LogP contribution in [0.15, 0.2) is 23.8 Å². The number of ether oxygens (including phenoxy) is 3. The van der Waals surface area contributed by atoms with Crippen molar-refractivity contribution in [2.75, 3.05) is 19.8 Å². The summed E-state index contributed by atoms with van der Waals surface area (Å²) in [7, 11) is 0. The van der Waals surface area contributed by atoms with Crippen molar-refractivity contribution in [2.24, 2.45) is 0 Å². The topological polar surface area (TPSA) is 68.6 Å². The van der Waals surface area contributed by atoms with Gasteiger partial charge in [-0.2, -0.15) is 5.26 Å². The number of benzene rings is 1. The summed E-state index contributed by atoms with van der Waals surface area (Å²) in [6.45, 7) is 2.94. The molecule has 0 bridgehead atoms. The Kier molecular flexibility index (Phi) is 4.04. The maximum Gasteiger partial charge on any atom is 0.348 e. The lowest BCUT2D eigenvalue weighted by Gasteiger charge is -2.18. The zero-order chi connectivity index (χ0) is 13.7. The smallest absolute Gasteiger partial charge is 0.348 e. The number of nitrogens with zero attached hydrogens (tertiary/aromatic N) is 1. The van der Waals surface area contributed by atoms with Crippen molar-refractivity contribution in [3.8, 4) is 17.6 Å². The minimum Gasteiger partial charge on any atom is -0.486 e. The minimum absolute atomic E-state index is 0.0430. The zero-order valence-electron chi connectivity index (χ0n) is 10.5. The van der Waals surface area contributed by atoms with E-state index in [0.29, 0.717) is 30.3 Å². The first kappa shape index (κ1) is 13.0. The predicted molar refractivity (Wildman–Crippen MR) is 67.7 cm³/mol. The van der Waals surface area contributed by atoms with Crippen molar-refractivity contribution in [1.29, 1.82) is 5.26 Å². The molecule has 0 saturated carbocycles. The first-order valence-corrected chi connectivity index (χ1v) is 5.93. The van der Waals surface area contributed by atoms with Crippen molar-refractivity contribution in [1.82, 2.24) is 0 Å². The molecule has 5 nitrogen and oxygen atoms in total. The van der Waals surface area contributed by atoms with Gasteiger partial charge < -0.3 is 14.2 Å². The fourth-order valence-electron chi connectivity index (χ4n) is 1.66. The molecule has 0 spiro atoms. The van der Waals surface area contributed by atoms with Gasteiger partial charge in [0.05, 0.1) is 6.61 Å². The van der Waals surface area contributed by atoms with Gasteiger partial charge in [0.1, 0.15) is 24.9 Å². The lowest BCUT2D eigenvalue weighted by Crippen LogP contribution is -2.15. The van der Waals surface area contributed by atoms with Gasteiger partial charge in [-0.25, -0.2) is 4.79 Å². The third kappa shape index (κ3) is 3.05. The number of rotatable bonds is 3. The predicted octanol–water partition coefficient (Wildman–Crippen LogP) is 1.93. The van der Waals surface area contributed by atoms with E-state index in [0.717, 1.165) is 0 Å². The van der Waals surface area contributed by atoms with Crippen LogP contribution < -0.4 is 9.47 Å². The molecule has 19 heavy (non-hydrogen) atoms. The molecule has 0 radical (unpaired) electrons. The molecule has 0 unspecified atom stereocenters. The summed E-state index contributed by atoms with van der Waals surface area (Å²) in [5.74, 6) is 0.652.